The van der Waals surface area contributed by atoms with Crippen LogP contribution >= 0.6 is 0 Å². The molecule has 24 heavy (non-hydrogen) atoms. The van der Waals surface area contributed by atoms with E-state index in [2.05, 4.69) is 61.2 Å². The fourth-order valence-electron chi connectivity index (χ4n) is 5.66. The lowest BCUT2D eigenvalue weighted by atomic mass is 10.1. The Morgan fingerprint density at radius 1 is 0.917 bits per heavy atom. The molecule has 0 aromatic carbocycles. The minimum atomic E-state index is -1.82. The molecule has 0 unspecified atom stereocenters. The van der Waals surface area contributed by atoms with Gasteiger partial charge in [-0.1, -0.05) is 66.8 Å². The molecular weight excluding hydrogens is 328 g/mol. The summed E-state index contributed by atoms with van der Waals surface area (Å²) in [6.07, 6.45) is 3.21. The first-order valence-electron chi connectivity index (χ1n) is 9.85. The van der Waals surface area contributed by atoms with E-state index in [0.29, 0.717) is 34.4 Å². The number of Topliss-reactive ketones (excluding diaryl/α,β-unsaturated/α-hetero) is 1. The van der Waals surface area contributed by atoms with Crippen LogP contribution in [0.15, 0.2) is 10.8 Å². The van der Waals surface area contributed by atoms with Gasteiger partial charge in [0.05, 0.1) is 8.07 Å². The van der Waals surface area contributed by atoms with Crippen LogP contribution in [0.1, 0.15) is 60.8 Å². The molecular formula is C20H38O2Si2. The van der Waals surface area contributed by atoms with E-state index in [4.69, 9.17) is 4.43 Å². The maximum atomic E-state index is 12.5. The number of hydrogen-bond donors (Lipinski definition) is 0. The first-order chi connectivity index (χ1) is 10.9. The number of carbonyl (C=O) groups is 1. The maximum absolute atomic E-state index is 12.5. The lowest BCUT2D eigenvalue weighted by Crippen LogP contribution is -2.49. The summed E-state index contributed by atoms with van der Waals surface area (Å²) in [6, 6.07) is 0. The van der Waals surface area contributed by atoms with Crippen molar-refractivity contribution in [3.8, 4) is 0 Å². The summed E-state index contributed by atoms with van der Waals surface area (Å²) in [5, 5.41) is 1.25. The van der Waals surface area contributed by atoms with Gasteiger partial charge in [0.1, 0.15) is 0 Å². The Bertz CT molecular complexity index is 504. The summed E-state index contributed by atoms with van der Waals surface area (Å²) in [5.74, 6) is 0.940. The lowest BCUT2D eigenvalue weighted by Gasteiger charge is -2.44. The molecule has 0 aromatic heterocycles. The van der Waals surface area contributed by atoms with Crippen molar-refractivity contribution >= 4 is 22.2 Å². The van der Waals surface area contributed by atoms with Crippen molar-refractivity contribution in [1.82, 2.24) is 0 Å². The molecule has 2 atom stereocenters. The normalized spacial score (nSPS) is 25.6. The van der Waals surface area contributed by atoms with Crippen molar-refractivity contribution in [2.24, 2.45) is 5.92 Å². The predicted octanol–water partition coefficient (Wildman–Crippen LogP) is 6.10. The van der Waals surface area contributed by atoms with Gasteiger partial charge in [-0.05, 0) is 40.6 Å². The van der Waals surface area contributed by atoms with Gasteiger partial charge in [-0.3, -0.25) is 4.79 Å². The third-order valence-corrected chi connectivity index (χ3v) is 14.6. The van der Waals surface area contributed by atoms with E-state index in [1.807, 2.05) is 0 Å². The van der Waals surface area contributed by atoms with Crippen LogP contribution in [0.4, 0.5) is 0 Å². The molecule has 0 N–H and O–H groups in total. The van der Waals surface area contributed by atoms with E-state index in [0.717, 1.165) is 19.3 Å². The highest BCUT2D eigenvalue weighted by Crippen LogP contribution is 2.50. The molecule has 2 rings (SSSR count). The molecule has 4 heteroatoms. The summed E-state index contributed by atoms with van der Waals surface area (Å²) in [6.45, 7) is 21.1. The van der Waals surface area contributed by atoms with Crippen LogP contribution in [-0.4, -0.2) is 28.3 Å². The predicted molar refractivity (Wildman–Crippen MR) is 109 cm³/mol. The molecule has 0 spiro atoms. The van der Waals surface area contributed by atoms with Gasteiger partial charge in [-0.2, -0.15) is 0 Å². The molecule has 2 aliphatic carbocycles. The van der Waals surface area contributed by atoms with Crippen LogP contribution in [-0.2, 0) is 9.22 Å². The average Bonchev–Trinajstić information content (AvgIpc) is 2.88. The molecule has 2 aliphatic rings. The molecule has 0 aliphatic heterocycles. The Labute approximate surface area is 151 Å². The molecule has 2 nitrogen and oxygen atoms in total. The summed E-state index contributed by atoms with van der Waals surface area (Å²) in [7, 11) is -3.36. The van der Waals surface area contributed by atoms with Gasteiger partial charge in [0.2, 0.25) is 8.32 Å². The van der Waals surface area contributed by atoms with Gasteiger partial charge in [-0.15, -0.1) is 0 Å². The van der Waals surface area contributed by atoms with Crippen LogP contribution in [0.2, 0.25) is 36.3 Å². The monoisotopic (exact) mass is 366 g/mol. The number of ketones is 1. The van der Waals surface area contributed by atoms with Gasteiger partial charge >= 0.3 is 0 Å². The SMILES string of the molecule is CC(C)[Si](O[C@H]1CC2=C([Si](C)(C)C)C(=O)C[C@H]2C1)(C(C)C)C(C)C. The Morgan fingerprint density at radius 2 is 1.42 bits per heavy atom. The third kappa shape index (κ3) is 3.38. The second kappa shape index (κ2) is 6.84. The van der Waals surface area contributed by atoms with Gasteiger partial charge < -0.3 is 4.43 Å². The largest absolute Gasteiger partial charge is 0.413 e. The van der Waals surface area contributed by atoms with Gasteiger partial charge in [0, 0.05) is 12.5 Å². The summed E-state index contributed by atoms with van der Waals surface area (Å²) in [5.41, 5.74) is 3.38. The number of carbonyl (C=O) groups excluding carboxylic acids is 1. The highest BCUT2D eigenvalue weighted by atomic mass is 28.4. The molecule has 0 saturated heterocycles. The molecule has 0 amide bonds. The quantitative estimate of drug-likeness (QED) is 0.530. The minimum Gasteiger partial charge on any atom is -0.413 e. The zero-order valence-electron chi connectivity index (χ0n) is 17.3. The Kier molecular flexibility index (Phi) is 5.74. The van der Waals surface area contributed by atoms with E-state index in [1.165, 1.54) is 10.8 Å². The first-order valence-corrected chi connectivity index (χ1v) is 15.5. The smallest absolute Gasteiger partial charge is 0.200 e. The summed E-state index contributed by atoms with van der Waals surface area (Å²) in [4.78, 5) is 12.5. The van der Waals surface area contributed by atoms with Crippen molar-refractivity contribution in [1.29, 1.82) is 0 Å². The highest BCUT2D eigenvalue weighted by Gasteiger charge is 2.50. The lowest BCUT2D eigenvalue weighted by molar-refractivity contribution is -0.114. The Morgan fingerprint density at radius 3 is 1.83 bits per heavy atom. The van der Waals surface area contributed by atoms with E-state index >= 15 is 0 Å². The standard InChI is InChI=1S/C20H38O2Si2/c1-13(2)24(14(3)4,15(5)6)22-17-10-16-11-19(21)20(18(16)12-17)23(7,8)9/h13-17H,10-12H2,1-9H3/t16-,17-/m1/s1. The van der Waals surface area contributed by atoms with Crippen LogP contribution in [0, 0.1) is 5.92 Å². The minimum absolute atomic E-state index is 0.350. The highest BCUT2D eigenvalue weighted by molar-refractivity contribution is 6.87. The van der Waals surface area contributed by atoms with Gasteiger partial charge in [-0.25, -0.2) is 0 Å². The van der Waals surface area contributed by atoms with E-state index in [-0.39, 0.29) is 0 Å². The molecule has 0 aromatic rings. The van der Waals surface area contributed by atoms with Crippen LogP contribution in [0.3, 0.4) is 0 Å². The number of hydrogen-bond acceptors (Lipinski definition) is 2. The Hall–Kier alpha value is -0.196. The third-order valence-electron chi connectivity index (χ3n) is 6.35. The average molecular weight is 367 g/mol. The van der Waals surface area contributed by atoms with Crippen LogP contribution < -0.4 is 0 Å². The van der Waals surface area contributed by atoms with Crippen LogP contribution in [0.5, 0.6) is 0 Å². The molecule has 1 fully saturated rings. The first kappa shape index (κ1) is 20.1. The molecule has 0 bridgehead atoms. The molecule has 1 saturated carbocycles. The summed E-state index contributed by atoms with van der Waals surface area (Å²) >= 11 is 0. The van der Waals surface area contributed by atoms with E-state index < -0.39 is 16.4 Å². The Balaban J connectivity index is 2.28. The number of rotatable bonds is 6. The van der Waals surface area contributed by atoms with E-state index in [1.54, 1.807) is 0 Å². The summed E-state index contributed by atoms with van der Waals surface area (Å²) < 4.78 is 7.02. The molecule has 0 radical (unpaired) electrons. The number of fused-ring (bicyclic) bond motifs is 1. The van der Waals surface area contributed by atoms with Crippen molar-refractivity contribution in [2.45, 2.75) is 103 Å². The number of allylic oxidation sites excluding steroid dienone is 1. The van der Waals surface area contributed by atoms with Crippen molar-refractivity contribution < 1.29 is 9.22 Å². The zero-order chi connectivity index (χ0) is 18.4. The topological polar surface area (TPSA) is 26.3 Å². The van der Waals surface area contributed by atoms with Crippen molar-refractivity contribution in [3.05, 3.63) is 10.8 Å². The van der Waals surface area contributed by atoms with Crippen molar-refractivity contribution in [2.75, 3.05) is 0 Å². The second-order valence-electron chi connectivity index (χ2n) is 9.97. The van der Waals surface area contributed by atoms with Crippen LogP contribution in [0.25, 0.3) is 0 Å². The fraction of sp³-hybridized carbons (Fsp3) is 0.850. The second-order valence-corrected chi connectivity index (χ2v) is 20.4. The maximum Gasteiger partial charge on any atom is 0.200 e. The fourth-order valence-corrected chi connectivity index (χ4v) is 13.4. The van der Waals surface area contributed by atoms with Crippen molar-refractivity contribution in [3.63, 3.8) is 0 Å². The van der Waals surface area contributed by atoms with Gasteiger partial charge in [0.15, 0.2) is 5.78 Å². The molecule has 138 valence electrons. The van der Waals surface area contributed by atoms with Gasteiger partial charge in [0.25, 0.3) is 0 Å². The zero-order valence-corrected chi connectivity index (χ0v) is 19.3. The van der Waals surface area contributed by atoms with E-state index in [9.17, 15) is 4.79 Å². The molecule has 0 heterocycles.